The van der Waals surface area contributed by atoms with Crippen LogP contribution in [0.2, 0.25) is 0 Å². The van der Waals surface area contributed by atoms with Crippen molar-refractivity contribution in [3.63, 3.8) is 0 Å². The van der Waals surface area contributed by atoms with Crippen LogP contribution in [0.4, 0.5) is 0 Å². The molecule has 0 saturated carbocycles. The molecule has 31 heavy (non-hydrogen) atoms. The smallest absolute Gasteiger partial charge is 0.265 e. The number of aryl methyl sites for hydroxylation is 4. The molecule has 0 atom stereocenters. The Balaban J connectivity index is 1.45. The van der Waals surface area contributed by atoms with Gasteiger partial charge in [-0.15, -0.1) is 11.3 Å². The molecule has 4 nitrogen and oxygen atoms in total. The van der Waals surface area contributed by atoms with Crippen LogP contribution in [0.5, 0.6) is 0 Å². The van der Waals surface area contributed by atoms with E-state index in [1.807, 2.05) is 43.0 Å². The van der Waals surface area contributed by atoms with Gasteiger partial charge in [-0.1, -0.05) is 53.6 Å². The van der Waals surface area contributed by atoms with E-state index in [9.17, 15) is 9.59 Å². The highest BCUT2D eigenvalue weighted by Gasteiger charge is 2.30. The molecule has 1 amide bonds. The Bertz CT molecular complexity index is 1120. The molecule has 160 valence electrons. The number of aromatic nitrogens is 1. The van der Waals surface area contributed by atoms with Crippen molar-refractivity contribution >= 4 is 23.0 Å². The number of Topliss-reactive ketones (excluding diaryl/α,β-unsaturated/α-hetero) is 1. The minimum absolute atomic E-state index is 0.0138. The van der Waals surface area contributed by atoms with E-state index < -0.39 is 0 Å². The van der Waals surface area contributed by atoms with E-state index in [0.29, 0.717) is 30.8 Å². The van der Waals surface area contributed by atoms with Gasteiger partial charge < -0.3 is 4.90 Å². The average Bonchev–Trinajstić information content (AvgIpc) is 3.14. The molecule has 4 rings (SSSR count). The zero-order chi connectivity index (χ0) is 22.1. The largest absolute Gasteiger partial charge is 0.338 e. The van der Waals surface area contributed by atoms with Gasteiger partial charge in [-0.25, -0.2) is 4.98 Å². The number of likely N-dealkylation sites (tertiary alicyclic amines) is 1. The van der Waals surface area contributed by atoms with Gasteiger partial charge in [-0.05, 0) is 46.1 Å². The standard InChI is InChI=1S/C26H28N2O2S/c1-16-5-8-20(9-6-16)23(29)21-11-13-28(14-12-21)26(30)24-19(4)27-25(31-24)22-10-7-17(2)15-18(22)3/h5-10,15,21H,11-14H2,1-4H3. The van der Waals surface area contributed by atoms with E-state index in [2.05, 4.69) is 32.0 Å². The molecule has 0 spiro atoms. The molecule has 2 heterocycles. The van der Waals surface area contributed by atoms with Crippen molar-refractivity contribution < 1.29 is 9.59 Å². The second-order valence-corrected chi connectivity index (χ2v) is 9.55. The molecule has 5 heteroatoms. The van der Waals surface area contributed by atoms with Gasteiger partial charge in [0.15, 0.2) is 5.78 Å². The number of nitrogens with zero attached hydrogens (tertiary/aromatic N) is 2. The molecule has 0 bridgehead atoms. The van der Waals surface area contributed by atoms with Crippen LogP contribution in [-0.4, -0.2) is 34.7 Å². The fraction of sp³-hybridized carbons (Fsp3) is 0.346. The highest BCUT2D eigenvalue weighted by atomic mass is 32.1. The summed E-state index contributed by atoms with van der Waals surface area (Å²) in [5.41, 5.74) is 6.17. The van der Waals surface area contributed by atoms with Crippen LogP contribution in [0.25, 0.3) is 10.6 Å². The van der Waals surface area contributed by atoms with Crippen molar-refractivity contribution in [2.75, 3.05) is 13.1 Å². The highest BCUT2D eigenvalue weighted by Crippen LogP contribution is 2.32. The fourth-order valence-corrected chi connectivity index (χ4v) is 5.33. The predicted octanol–water partition coefficient (Wildman–Crippen LogP) is 5.78. The summed E-state index contributed by atoms with van der Waals surface area (Å²) in [7, 11) is 0. The number of hydrogen-bond donors (Lipinski definition) is 0. The molecule has 1 fully saturated rings. The van der Waals surface area contributed by atoms with E-state index in [0.717, 1.165) is 27.4 Å². The molecular formula is C26H28N2O2S. The zero-order valence-corrected chi connectivity index (χ0v) is 19.4. The normalized spacial score (nSPS) is 14.6. The number of rotatable bonds is 4. The summed E-state index contributed by atoms with van der Waals surface area (Å²) in [4.78, 5) is 33.3. The number of hydrogen-bond acceptors (Lipinski definition) is 4. The molecule has 1 aromatic heterocycles. The quantitative estimate of drug-likeness (QED) is 0.491. The van der Waals surface area contributed by atoms with Crippen molar-refractivity contribution in [3.05, 3.63) is 75.3 Å². The maximum absolute atomic E-state index is 13.2. The van der Waals surface area contributed by atoms with E-state index in [1.54, 1.807) is 0 Å². The first-order valence-corrected chi connectivity index (χ1v) is 11.6. The third kappa shape index (κ3) is 4.47. The van der Waals surface area contributed by atoms with Crippen LogP contribution in [-0.2, 0) is 0 Å². The van der Waals surface area contributed by atoms with Crippen LogP contribution < -0.4 is 0 Å². The summed E-state index contributed by atoms with van der Waals surface area (Å²) >= 11 is 1.47. The first-order valence-electron chi connectivity index (χ1n) is 10.8. The van der Waals surface area contributed by atoms with Gasteiger partial charge in [0, 0.05) is 30.1 Å². The molecule has 1 aliphatic rings. The first kappa shape index (κ1) is 21.4. The van der Waals surface area contributed by atoms with Crippen molar-refractivity contribution in [1.29, 1.82) is 0 Å². The van der Waals surface area contributed by atoms with Crippen molar-refractivity contribution in [3.8, 4) is 10.6 Å². The van der Waals surface area contributed by atoms with Crippen molar-refractivity contribution in [1.82, 2.24) is 9.88 Å². The lowest BCUT2D eigenvalue weighted by atomic mass is 9.88. The summed E-state index contributed by atoms with van der Waals surface area (Å²) in [6.45, 7) is 9.30. The summed E-state index contributed by atoms with van der Waals surface area (Å²) in [5, 5.41) is 0.891. The highest BCUT2D eigenvalue weighted by molar-refractivity contribution is 7.17. The van der Waals surface area contributed by atoms with E-state index in [1.165, 1.54) is 22.5 Å². The van der Waals surface area contributed by atoms with Crippen molar-refractivity contribution in [2.24, 2.45) is 5.92 Å². The van der Waals surface area contributed by atoms with Gasteiger partial charge >= 0.3 is 0 Å². The number of ketones is 1. The Kier molecular flexibility index (Phi) is 6.05. The van der Waals surface area contributed by atoms with Crippen LogP contribution in [0, 0.1) is 33.6 Å². The minimum atomic E-state index is -0.0138. The summed E-state index contributed by atoms with van der Waals surface area (Å²) < 4.78 is 0. The molecule has 0 unspecified atom stereocenters. The molecule has 0 radical (unpaired) electrons. The van der Waals surface area contributed by atoms with Gasteiger partial charge in [-0.3, -0.25) is 9.59 Å². The van der Waals surface area contributed by atoms with Gasteiger partial charge in [0.05, 0.1) is 5.69 Å². The molecule has 3 aromatic rings. The van der Waals surface area contributed by atoms with Gasteiger partial charge in [0.2, 0.25) is 0 Å². The molecular weight excluding hydrogens is 404 g/mol. The first-order chi connectivity index (χ1) is 14.8. The van der Waals surface area contributed by atoms with Crippen molar-refractivity contribution in [2.45, 2.75) is 40.5 Å². The van der Waals surface area contributed by atoms with E-state index in [-0.39, 0.29) is 17.6 Å². The Morgan fingerprint density at radius 2 is 1.58 bits per heavy atom. The van der Waals surface area contributed by atoms with Crippen LogP contribution >= 0.6 is 11.3 Å². The van der Waals surface area contributed by atoms with Gasteiger partial charge in [-0.2, -0.15) is 0 Å². The van der Waals surface area contributed by atoms with Gasteiger partial charge in [0.25, 0.3) is 5.91 Å². The Hall–Kier alpha value is -2.79. The maximum atomic E-state index is 13.2. The monoisotopic (exact) mass is 432 g/mol. The summed E-state index contributed by atoms with van der Waals surface area (Å²) in [6.07, 6.45) is 1.42. The number of carbonyl (C=O) groups excluding carboxylic acids is 2. The topological polar surface area (TPSA) is 50.3 Å². The summed E-state index contributed by atoms with van der Waals surface area (Å²) in [6, 6.07) is 14.1. The Morgan fingerprint density at radius 3 is 2.23 bits per heavy atom. The maximum Gasteiger partial charge on any atom is 0.265 e. The number of amides is 1. The number of piperidine rings is 1. The number of benzene rings is 2. The fourth-order valence-electron chi connectivity index (χ4n) is 4.21. The van der Waals surface area contributed by atoms with Crippen LogP contribution in [0.3, 0.4) is 0 Å². The molecule has 0 aliphatic carbocycles. The molecule has 1 aliphatic heterocycles. The second kappa shape index (κ2) is 8.75. The number of carbonyl (C=O) groups is 2. The molecule has 2 aromatic carbocycles. The molecule has 1 saturated heterocycles. The third-order valence-electron chi connectivity index (χ3n) is 6.09. The van der Waals surface area contributed by atoms with E-state index in [4.69, 9.17) is 4.98 Å². The van der Waals surface area contributed by atoms with Crippen LogP contribution in [0.1, 0.15) is 55.3 Å². The zero-order valence-electron chi connectivity index (χ0n) is 18.6. The second-order valence-electron chi connectivity index (χ2n) is 8.55. The average molecular weight is 433 g/mol. The predicted molar refractivity (Wildman–Crippen MR) is 126 cm³/mol. The Morgan fingerprint density at radius 1 is 0.935 bits per heavy atom. The summed E-state index contributed by atoms with van der Waals surface area (Å²) in [5.74, 6) is 0.213. The Labute approximate surface area is 187 Å². The lowest BCUT2D eigenvalue weighted by molar-refractivity contribution is 0.0653. The molecule has 0 N–H and O–H groups in total. The van der Waals surface area contributed by atoms with Crippen LogP contribution in [0.15, 0.2) is 42.5 Å². The number of thiazole rings is 1. The van der Waals surface area contributed by atoms with Gasteiger partial charge in [0.1, 0.15) is 9.88 Å². The minimum Gasteiger partial charge on any atom is -0.338 e. The lowest BCUT2D eigenvalue weighted by Crippen LogP contribution is -2.40. The third-order valence-corrected chi connectivity index (χ3v) is 7.27. The lowest BCUT2D eigenvalue weighted by Gasteiger charge is -2.31. The SMILES string of the molecule is Cc1ccc(C(=O)C2CCN(C(=O)c3sc(-c4ccc(C)cc4C)nc3C)CC2)cc1. The van der Waals surface area contributed by atoms with E-state index >= 15 is 0 Å².